The molecule has 1 fully saturated rings. The molecule has 0 spiro atoms. The Morgan fingerprint density at radius 1 is 1.46 bits per heavy atom. The molecular weight excluding hydrogens is 188 g/mol. The Kier molecular flexibility index (Phi) is 2.94. The average molecular weight is 202 g/mol. The summed E-state index contributed by atoms with van der Waals surface area (Å²) >= 11 is 0. The molecule has 0 aromatic heterocycles. The van der Waals surface area contributed by atoms with E-state index in [1.807, 2.05) is 6.92 Å². The first-order valence-electron chi connectivity index (χ1n) is 4.36. The van der Waals surface area contributed by atoms with E-state index in [4.69, 9.17) is 5.26 Å². The summed E-state index contributed by atoms with van der Waals surface area (Å²) in [5.41, 5.74) is -0.310. The fraction of sp³-hybridized carbons (Fsp3) is 0.875. The van der Waals surface area contributed by atoms with E-state index in [0.717, 1.165) is 25.7 Å². The third-order valence-electron chi connectivity index (χ3n) is 2.36. The molecule has 1 saturated carbocycles. The van der Waals surface area contributed by atoms with Crippen molar-refractivity contribution in [1.29, 1.82) is 5.26 Å². The lowest BCUT2D eigenvalue weighted by atomic mass is 10.0. The number of nitrogens with one attached hydrogen (secondary N) is 1. The van der Waals surface area contributed by atoms with Crippen LogP contribution in [-0.4, -0.2) is 19.7 Å². The van der Waals surface area contributed by atoms with Gasteiger partial charge in [0, 0.05) is 5.54 Å². The maximum Gasteiger partial charge on any atom is 0.225 e. The highest BCUT2D eigenvalue weighted by Crippen LogP contribution is 2.29. The van der Waals surface area contributed by atoms with Gasteiger partial charge in [-0.25, -0.2) is 13.1 Å². The van der Waals surface area contributed by atoms with Crippen molar-refractivity contribution >= 4 is 10.0 Å². The lowest BCUT2D eigenvalue weighted by molar-refractivity contribution is 0.428. The molecule has 0 aliphatic heterocycles. The van der Waals surface area contributed by atoms with Gasteiger partial charge in [-0.3, -0.25) is 0 Å². The van der Waals surface area contributed by atoms with E-state index in [2.05, 4.69) is 4.72 Å². The molecule has 5 heteroatoms. The van der Waals surface area contributed by atoms with Gasteiger partial charge in [-0.05, 0) is 19.8 Å². The Hall–Kier alpha value is -0.600. The molecule has 74 valence electrons. The number of sulfonamides is 1. The molecule has 0 radical (unpaired) electrons. The van der Waals surface area contributed by atoms with Crippen molar-refractivity contribution in [2.45, 2.75) is 38.1 Å². The predicted molar refractivity (Wildman–Crippen MR) is 49.4 cm³/mol. The van der Waals surface area contributed by atoms with Gasteiger partial charge in [0.05, 0.1) is 6.07 Å². The average Bonchev–Trinajstić information content (AvgIpc) is 2.33. The fourth-order valence-electron chi connectivity index (χ4n) is 1.75. The number of nitrogens with zero attached hydrogens (tertiary/aromatic N) is 1. The summed E-state index contributed by atoms with van der Waals surface area (Å²) in [6.45, 7) is 1.90. The zero-order chi connectivity index (χ0) is 9.95. The van der Waals surface area contributed by atoms with Gasteiger partial charge in [-0.15, -0.1) is 0 Å². The van der Waals surface area contributed by atoms with Crippen molar-refractivity contribution in [2.75, 3.05) is 5.75 Å². The second kappa shape index (κ2) is 3.64. The van der Waals surface area contributed by atoms with Crippen LogP contribution in [0, 0.1) is 11.3 Å². The normalized spacial score (nSPS) is 21.2. The lowest BCUT2D eigenvalue weighted by Gasteiger charge is -2.23. The van der Waals surface area contributed by atoms with Crippen LogP contribution in [0.1, 0.15) is 32.6 Å². The Morgan fingerprint density at radius 3 is 2.46 bits per heavy atom. The van der Waals surface area contributed by atoms with Crippen LogP contribution in [0.4, 0.5) is 0 Å². The summed E-state index contributed by atoms with van der Waals surface area (Å²) in [4.78, 5) is 0. The third kappa shape index (κ3) is 2.98. The molecular formula is C8H14N2O2S. The number of rotatable bonds is 3. The summed E-state index contributed by atoms with van der Waals surface area (Å²) in [6, 6.07) is 1.65. The Labute approximate surface area is 79.0 Å². The highest BCUT2D eigenvalue weighted by Gasteiger charge is 2.32. The first-order chi connectivity index (χ1) is 5.97. The second-order valence-corrected chi connectivity index (χ2v) is 5.51. The Balaban J connectivity index is 2.63. The largest absolute Gasteiger partial charge is 0.225 e. The fourth-order valence-corrected chi connectivity index (χ4v) is 2.95. The van der Waals surface area contributed by atoms with Crippen molar-refractivity contribution in [3.8, 4) is 6.07 Å². The van der Waals surface area contributed by atoms with Crippen LogP contribution in [0.5, 0.6) is 0 Å². The van der Waals surface area contributed by atoms with E-state index in [0.29, 0.717) is 0 Å². The van der Waals surface area contributed by atoms with Crippen LogP contribution >= 0.6 is 0 Å². The third-order valence-corrected chi connectivity index (χ3v) is 3.68. The van der Waals surface area contributed by atoms with Crippen LogP contribution in [-0.2, 0) is 10.0 Å². The first-order valence-corrected chi connectivity index (χ1v) is 6.01. The van der Waals surface area contributed by atoms with E-state index in [1.54, 1.807) is 6.07 Å². The van der Waals surface area contributed by atoms with Gasteiger partial charge in [0.15, 0.2) is 5.75 Å². The summed E-state index contributed by atoms with van der Waals surface area (Å²) < 4.78 is 25.1. The van der Waals surface area contributed by atoms with Gasteiger partial charge in [-0.2, -0.15) is 5.26 Å². The minimum absolute atomic E-state index is 0.310. The van der Waals surface area contributed by atoms with Crippen LogP contribution in [0.25, 0.3) is 0 Å². The smallest absolute Gasteiger partial charge is 0.211 e. The van der Waals surface area contributed by atoms with Gasteiger partial charge in [0.25, 0.3) is 0 Å². The molecule has 1 aliphatic rings. The zero-order valence-electron chi connectivity index (χ0n) is 7.71. The van der Waals surface area contributed by atoms with E-state index >= 15 is 0 Å². The van der Waals surface area contributed by atoms with Crippen LogP contribution in [0.3, 0.4) is 0 Å². The molecule has 13 heavy (non-hydrogen) atoms. The van der Waals surface area contributed by atoms with Gasteiger partial charge in [0.2, 0.25) is 10.0 Å². The standard InChI is InChI=1S/C8H14N2O2S/c1-8(4-2-3-5-8)10-13(11,12)7-6-9/h10H,2-5,7H2,1H3. The molecule has 0 saturated heterocycles. The highest BCUT2D eigenvalue weighted by molar-refractivity contribution is 7.89. The summed E-state index contributed by atoms with van der Waals surface area (Å²) in [5.74, 6) is -0.442. The summed E-state index contributed by atoms with van der Waals surface area (Å²) in [6.07, 6.45) is 3.87. The maximum absolute atomic E-state index is 11.3. The first kappa shape index (κ1) is 10.5. The molecule has 4 nitrogen and oxygen atoms in total. The van der Waals surface area contributed by atoms with Crippen molar-refractivity contribution < 1.29 is 8.42 Å². The number of hydrogen-bond acceptors (Lipinski definition) is 3. The second-order valence-electron chi connectivity index (χ2n) is 3.79. The quantitative estimate of drug-likeness (QED) is 0.734. The van der Waals surface area contributed by atoms with Gasteiger partial charge >= 0.3 is 0 Å². The zero-order valence-corrected chi connectivity index (χ0v) is 8.52. The van der Waals surface area contributed by atoms with Crippen LogP contribution in [0.15, 0.2) is 0 Å². The minimum atomic E-state index is -3.38. The van der Waals surface area contributed by atoms with E-state index < -0.39 is 15.8 Å². The maximum atomic E-state index is 11.3. The van der Waals surface area contributed by atoms with Crippen molar-refractivity contribution in [3.63, 3.8) is 0 Å². The molecule has 1 N–H and O–H groups in total. The molecule has 0 aromatic rings. The summed E-state index contributed by atoms with van der Waals surface area (Å²) in [7, 11) is -3.38. The highest BCUT2D eigenvalue weighted by atomic mass is 32.2. The van der Waals surface area contributed by atoms with Crippen molar-refractivity contribution in [1.82, 2.24) is 4.72 Å². The molecule has 1 aliphatic carbocycles. The molecule has 0 atom stereocenters. The van der Waals surface area contributed by atoms with Gasteiger partial charge in [0.1, 0.15) is 0 Å². The van der Waals surface area contributed by atoms with E-state index in [1.165, 1.54) is 0 Å². The Morgan fingerprint density at radius 2 is 2.00 bits per heavy atom. The molecule has 0 amide bonds. The molecule has 0 unspecified atom stereocenters. The monoisotopic (exact) mass is 202 g/mol. The predicted octanol–water partition coefficient (Wildman–Crippen LogP) is 0.762. The van der Waals surface area contributed by atoms with Gasteiger partial charge in [-0.1, -0.05) is 12.8 Å². The van der Waals surface area contributed by atoms with Crippen molar-refractivity contribution in [3.05, 3.63) is 0 Å². The topological polar surface area (TPSA) is 70.0 Å². The SMILES string of the molecule is CC1(NS(=O)(=O)CC#N)CCCC1. The van der Waals surface area contributed by atoms with E-state index in [9.17, 15) is 8.42 Å². The minimum Gasteiger partial charge on any atom is -0.211 e. The molecule has 0 bridgehead atoms. The number of hydrogen-bond donors (Lipinski definition) is 1. The molecule has 1 rings (SSSR count). The summed E-state index contributed by atoms with van der Waals surface area (Å²) in [5, 5.41) is 8.29. The van der Waals surface area contributed by atoms with Gasteiger partial charge < -0.3 is 0 Å². The van der Waals surface area contributed by atoms with E-state index in [-0.39, 0.29) is 5.54 Å². The molecule has 0 heterocycles. The Bertz CT molecular complexity index is 310. The number of nitriles is 1. The molecule has 0 aromatic carbocycles. The lowest BCUT2D eigenvalue weighted by Crippen LogP contribution is -2.44. The van der Waals surface area contributed by atoms with Crippen LogP contribution < -0.4 is 4.72 Å². The van der Waals surface area contributed by atoms with Crippen LogP contribution in [0.2, 0.25) is 0 Å². The van der Waals surface area contributed by atoms with Crippen molar-refractivity contribution in [2.24, 2.45) is 0 Å².